The summed E-state index contributed by atoms with van der Waals surface area (Å²) in [5.41, 5.74) is 2.13. The van der Waals surface area contributed by atoms with Gasteiger partial charge in [0.05, 0.1) is 6.26 Å². The van der Waals surface area contributed by atoms with E-state index in [0.717, 1.165) is 12.1 Å². The molecule has 21 heavy (non-hydrogen) atoms. The lowest BCUT2D eigenvalue weighted by molar-refractivity contribution is 0.0950. The van der Waals surface area contributed by atoms with Gasteiger partial charge < -0.3 is 9.73 Å². The number of furan rings is 1. The fraction of sp³-hybridized carbons (Fsp3) is 0.250. The topological polar surface area (TPSA) is 54.3 Å². The minimum Gasteiger partial charge on any atom is -0.459 e. The first-order valence-corrected chi connectivity index (χ1v) is 7.26. The first kappa shape index (κ1) is 15.3. The number of anilines is 1. The van der Waals surface area contributed by atoms with Gasteiger partial charge in [-0.2, -0.15) is 0 Å². The summed E-state index contributed by atoms with van der Waals surface area (Å²) >= 11 is 5.11. The van der Waals surface area contributed by atoms with Gasteiger partial charge in [-0.1, -0.05) is 26.0 Å². The fourth-order valence-electron chi connectivity index (χ4n) is 1.87. The molecule has 0 unspecified atom stereocenters. The molecule has 1 atom stereocenters. The van der Waals surface area contributed by atoms with E-state index in [-0.39, 0.29) is 16.8 Å². The van der Waals surface area contributed by atoms with Crippen LogP contribution in [0.2, 0.25) is 0 Å². The van der Waals surface area contributed by atoms with Crippen LogP contribution in [0, 0.1) is 0 Å². The van der Waals surface area contributed by atoms with Gasteiger partial charge in [-0.15, -0.1) is 0 Å². The largest absolute Gasteiger partial charge is 0.459 e. The van der Waals surface area contributed by atoms with E-state index in [1.807, 2.05) is 12.1 Å². The molecule has 4 nitrogen and oxygen atoms in total. The Morgan fingerprint density at radius 1 is 1.29 bits per heavy atom. The van der Waals surface area contributed by atoms with Crippen molar-refractivity contribution >= 4 is 28.9 Å². The van der Waals surface area contributed by atoms with Crippen molar-refractivity contribution in [3.05, 3.63) is 54.0 Å². The molecule has 0 saturated heterocycles. The molecule has 5 heteroatoms. The lowest BCUT2D eigenvalue weighted by Gasteiger charge is -2.11. The SMILES string of the molecule is CC[C@H](C)c1ccc(NC(=S)NC(=O)c2ccco2)cc1. The lowest BCUT2D eigenvalue weighted by Crippen LogP contribution is -2.33. The van der Waals surface area contributed by atoms with Gasteiger partial charge in [0.25, 0.3) is 5.91 Å². The van der Waals surface area contributed by atoms with Gasteiger partial charge in [-0.05, 0) is 54.4 Å². The van der Waals surface area contributed by atoms with E-state index in [2.05, 4.69) is 36.6 Å². The number of amides is 1. The van der Waals surface area contributed by atoms with Gasteiger partial charge in [0.1, 0.15) is 0 Å². The normalized spacial score (nSPS) is 11.7. The van der Waals surface area contributed by atoms with Crippen LogP contribution in [0.1, 0.15) is 42.3 Å². The predicted octanol–water partition coefficient (Wildman–Crippen LogP) is 3.92. The number of carbonyl (C=O) groups excluding carboxylic acids is 1. The summed E-state index contributed by atoms with van der Waals surface area (Å²) in [5.74, 6) is 0.393. The van der Waals surface area contributed by atoms with Crippen LogP contribution in [0.4, 0.5) is 5.69 Å². The molecule has 2 aromatic rings. The highest BCUT2D eigenvalue weighted by Crippen LogP contribution is 2.20. The van der Waals surface area contributed by atoms with E-state index >= 15 is 0 Å². The van der Waals surface area contributed by atoms with Crippen LogP contribution in [0.15, 0.2) is 47.1 Å². The zero-order valence-electron chi connectivity index (χ0n) is 12.1. The molecule has 1 amide bonds. The summed E-state index contributed by atoms with van der Waals surface area (Å²) in [6, 6.07) is 11.3. The maximum atomic E-state index is 11.8. The average Bonchev–Trinajstić information content (AvgIpc) is 3.01. The maximum absolute atomic E-state index is 11.8. The van der Waals surface area contributed by atoms with Gasteiger partial charge in [0.15, 0.2) is 10.9 Å². The van der Waals surface area contributed by atoms with Crippen molar-refractivity contribution in [3.8, 4) is 0 Å². The zero-order valence-corrected chi connectivity index (χ0v) is 12.9. The van der Waals surface area contributed by atoms with Crippen molar-refractivity contribution in [3.63, 3.8) is 0 Å². The summed E-state index contributed by atoms with van der Waals surface area (Å²) in [5, 5.41) is 5.79. The van der Waals surface area contributed by atoms with E-state index < -0.39 is 0 Å². The van der Waals surface area contributed by atoms with Crippen LogP contribution < -0.4 is 10.6 Å². The van der Waals surface area contributed by atoms with Crippen molar-refractivity contribution in [1.29, 1.82) is 0 Å². The summed E-state index contributed by atoms with van der Waals surface area (Å²) in [4.78, 5) is 11.8. The standard InChI is InChI=1S/C16H18N2O2S/c1-3-11(2)12-6-8-13(9-7-12)17-16(21)18-15(19)14-5-4-10-20-14/h4-11H,3H2,1-2H3,(H2,17,18,19,21)/t11-/m0/s1. The molecule has 2 rings (SSSR count). The third-order valence-electron chi connectivity index (χ3n) is 3.32. The Hall–Kier alpha value is -2.14. The third-order valence-corrected chi connectivity index (χ3v) is 3.53. The summed E-state index contributed by atoms with van der Waals surface area (Å²) in [7, 11) is 0. The Morgan fingerprint density at radius 3 is 2.57 bits per heavy atom. The zero-order chi connectivity index (χ0) is 15.2. The van der Waals surface area contributed by atoms with Crippen molar-refractivity contribution in [1.82, 2.24) is 5.32 Å². The third kappa shape index (κ3) is 4.16. The minimum atomic E-state index is -0.367. The Balaban J connectivity index is 1.92. The van der Waals surface area contributed by atoms with Crippen molar-refractivity contribution in [2.45, 2.75) is 26.2 Å². The molecule has 0 saturated carbocycles. The van der Waals surface area contributed by atoms with Crippen LogP contribution in [-0.2, 0) is 0 Å². The smallest absolute Gasteiger partial charge is 0.293 e. The molecule has 1 heterocycles. The van der Waals surface area contributed by atoms with Gasteiger partial charge in [-0.25, -0.2) is 0 Å². The molecule has 0 spiro atoms. The van der Waals surface area contributed by atoms with Gasteiger partial charge >= 0.3 is 0 Å². The molecular weight excluding hydrogens is 284 g/mol. The van der Waals surface area contributed by atoms with E-state index in [4.69, 9.17) is 16.6 Å². The molecular formula is C16H18N2O2S. The monoisotopic (exact) mass is 302 g/mol. The highest BCUT2D eigenvalue weighted by atomic mass is 32.1. The number of hydrogen-bond donors (Lipinski definition) is 2. The van der Waals surface area contributed by atoms with Crippen molar-refractivity contribution < 1.29 is 9.21 Å². The molecule has 0 bridgehead atoms. The highest BCUT2D eigenvalue weighted by molar-refractivity contribution is 7.80. The Labute approximate surface area is 129 Å². The van der Waals surface area contributed by atoms with Crippen LogP contribution in [0.5, 0.6) is 0 Å². The van der Waals surface area contributed by atoms with E-state index in [1.54, 1.807) is 12.1 Å². The van der Waals surface area contributed by atoms with E-state index in [0.29, 0.717) is 5.92 Å². The second kappa shape index (κ2) is 7.04. The summed E-state index contributed by atoms with van der Waals surface area (Å²) < 4.78 is 5.00. The maximum Gasteiger partial charge on any atom is 0.293 e. The molecule has 1 aromatic carbocycles. The van der Waals surface area contributed by atoms with Crippen LogP contribution in [-0.4, -0.2) is 11.0 Å². The molecule has 1 aromatic heterocycles. The number of benzene rings is 1. The van der Waals surface area contributed by atoms with Crippen LogP contribution in [0.3, 0.4) is 0 Å². The number of carbonyl (C=O) groups is 1. The second-order valence-electron chi connectivity index (χ2n) is 4.82. The molecule has 0 radical (unpaired) electrons. The Morgan fingerprint density at radius 2 is 2.00 bits per heavy atom. The predicted molar refractivity (Wildman–Crippen MR) is 87.5 cm³/mol. The number of hydrogen-bond acceptors (Lipinski definition) is 3. The highest BCUT2D eigenvalue weighted by Gasteiger charge is 2.10. The lowest BCUT2D eigenvalue weighted by atomic mass is 9.99. The molecule has 0 fully saturated rings. The molecule has 0 aliphatic carbocycles. The minimum absolute atomic E-state index is 0.228. The number of rotatable bonds is 4. The van der Waals surface area contributed by atoms with Crippen molar-refractivity contribution in [2.75, 3.05) is 5.32 Å². The second-order valence-corrected chi connectivity index (χ2v) is 5.23. The van der Waals surface area contributed by atoms with Gasteiger partial charge in [-0.3, -0.25) is 10.1 Å². The molecule has 0 aliphatic heterocycles. The van der Waals surface area contributed by atoms with Crippen LogP contribution >= 0.6 is 12.2 Å². The average molecular weight is 302 g/mol. The first-order valence-electron chi connectivity index (χ1n) is 6.86. The molecule has 0 aliphatic rings. The van der Waals surface area contributed by atoms with Crippen molar-refractivity contribution in [2.24, 2.45) is 0 Å². The fourth-order valence-corrected chi connectivity index (χ4v) is 2.08. The number of nitrogens with one attached hydrogen (secondary N) is 2. The molecule has 110 valence electrons. The summed E-state index contributed by atoms with van der Waals surface area (Å²) in [6.07, 6.45) is 2.55. The van der Waals surface area contributed by atoms with E-state index in [9.17, 15) is 4.79 Å². The first-order chi connectivity index (χ1) is 10.1. The van der Waals surface area contributed by atoms with E-state index in [1.165, 1.54) is 11.8 Å². The summed E-state index contributed by atoms with van der Waals surface area (Å²) in [6.45, 7) is 4.35. The quantitative estimate of drug-likeness (QED) is 0.841. The van der Waals surface area contributed by atoms with Crippen LogP contribution in [0.25, 0.3) is 0 Å². The Bertz CT molecular complexity index is 606. The number of thiocarbonyl (C=S) groups is 1. The van der Waals surface area contributed by atoms with Gasteiger partial charge in [0, 0.05) is 5.69 Å². The van der Waals surface area contributed by atoms with Gasteiger partial charge in [0.2, 0.25) is 0 Å². The molecule has 2 N–H and O–H groups in total. The Kier molecular flexibility index (Phi) is 5.11.